The molecule has 1 amide bonds. The monoisotopic (exact) mass is 406 g/mol. The van der Waals surface area contributed by atoms with E-state index in [9.17, 15) is 4.79 Å². The molecule has 1 N–H and O–H groups in total. The van der Waals surface area contributed by atoms with E-state index in [4.69, 9.17) is 16.3 Å². The Labute approximate surface area is 173 Å². The fraction of sp³-hybridized carbons (Fsp3) is 0.136. The van der Waals surface area contributed by atoms with Crippen molar-refractivity contribution in [1.82, 2.24) is 19.9 Å². The average molecular weight is 407 g/mol. The zero-order valence-electron chi connectivity index (χ0n) is 15.6. The molecule has 0 radical (unpaired) electrons. The highest BCUT2D eigenvalue weighted by Crippen LogP contribution is 2.20. The summed E-state index contributed by atoms with van der Waals surface area (Å²) in [6.07, 6.45) is 3.44. The predicted molar refractivity (Wildman–Crippen MR) is 112 cm³/mol. The molecule has 0 fully saturated rings. The number of imidazole rings is 1. The number of carbonyl (C=O) groups excluding carboxylic acids is 1. The third-order valence-electron chi connectivity index (χ3n) is 4.43. The van der Waals surface area contributed by atoms with Gasteiger partial charge in [0.25, 0.3) is 0 Å². The van der Waals surface area contributed by atoms with Crippen molar-refractivity contribution in [2.45, 2.75) is 19.7 Å². The van der Waals surface area contributed by atoms with Crippen LogP contribution in [-0.4, -0.2) is 20.4 Å². The van der Waals surface area contributed by atoms with Gasteiger partial charge in [-0.1, -0.05) is 29.8 Å². The maximum Gasteiger partial charge on any atom is 0.240 e. The van der Waals surface area contributed by atoms with Crippen LogP contribution >= 0.6 is 11.6 Å². The van der Waals surface area contributed by atoms with Gasteiger partial charge in [0.05, 0.1) is 11.0 Å². The van der Waals surface area contributed by atoms with Gasteiger partial charge in [-0.3, -0.25) is 9.78 Å². The molecule has 29 heavy (non-hydrogen) atoms. The van der Waals surface area contributed by atoms with Crippen LogP contribution < -0.4 is 10.1 Å². The standard InChI is InChI=1S/C22H19ClN4O2/c23-17-7-9-18(10-8-17)29-15-21-26-19-5-1-2-6-20(19)27(21)14-22(28)25-13-16-4-3-11-24-12-16/h1-12H,13-15H2,(H,25,28). The summed E-state index contributed by atoms with van der Waals surface area (Å²) < 4.78 is 7.72. The minimum Gasteiger partial charge on any atom is -0.486 e. The number of para-hydroxylation sites is 2. The molecule has 0 saturated carbocycles. The zero-order valence-corrected chi connectivity index (χ0v) is 16.3. The van der Waals surface area contributed by atoms with E-state index >= 15 is 0 Å². The summed E-state index contributed by atoms with van der Waals surface area (Å²) in [4.78, 5) is 21.3. The quantitative estimate of drug-likeness (QED) is 0.504. The number of hydrogen-bond donors (Lipinski definition) is 1. The number of benzene rings is 2. The Morgan fingerprint density at radius 1 is 1.07 bits per heavy atom. The van der Waals surface area contributed by atoms with Gasteiger partial charge in [-0.05, 0) is 48.0 Å². The summed E-state index contributed by atoms with van der Waals surface area (Å²) in [6, 6.07) is 18.6. The molecule has 0 aliphatic carbocycles. The van der Waals surface area contributed by atoms with Gasteiger partial charge in [-0.2, -0.15) is 0 Å². The van der Waals surface area contributed by atoms with Crippen molar-refractivity contribution in [3.8, 4) is 5.75 Å². The summed E-state index contributed by atoms with van der Waals surface area (Å²) in [5.74, 6) is 1.26. The molecule has 2 aromatic carbocycles. The zero-order chi connectivity index (χ0) is 20.1. The molecule has 2 heterocycles. The second kappa shape index (κ2) is 8.75. The molecule has 4 aromatic rings. The Morgan fingerprint density at radius 3 is 2.69 bits per heavy atom. The number of ether oxygens (including phenoxy) is 1. The van der Waals surface area contributed by atoms with Crippen LogP contribution in [0, 0.1) is 0 Å². The highest BCUT2D eigenvalue weighted by atomic mass is 35.5. The van der Waals surface area contributed by atoms with Gasteiger partial charge in [0.2, 0.25) is 5.91 Å². The number of halogens is 1. The number of carbonyl (C=O) groups is 1. The lowest BCUT2D eigenvalue weighted by Gasteiger charge is -2.11. The van der Waals surface area contributed by atoms with Gasteiger partial charge >= 0.3 is 0 Å². The van der Waals surface area contributed by atoms with E-state index in [1.165, 1.54) is 0 Å². The summed E-state index contributed by atoms with van der Waals surface area (Å²) in [6.45, 7) is 0.822. The van der Waals surface area contributed by atoms with E-state index in [-0.39, 0.29) is 19.1 Å². The first kappa shape index (κ1) is 19.0. The number of rotatable bonds is 7. The molecule has 7 heteroatoms. The normalized spacial score (nSPS) is 10.8. The molecule has 2 aromatic heterocycles. The number of pyridine rings is 1. The van der Waals surface area contributed by atoms with Gasteiger partial charge in [0.1, 0.15) is 24.7 Å². The van der Waals surface area contributed by atoms with Crippen LogP contribution in [-0.2, 0) is 24.5 Å². The first-order valence-corrected chi connectivity index (χ1v) is 9.55. The molecule has 0 aliphatic heterocycles. The third kappa shape index (κ3) is 4.73. The van der Waals surface area contributed by atoms with E-state index in [0.717, 1.165) is 16.6 Å². The first-order chi connectivity index (χ1) is 14.2. The summed E-state index contributed by atoms with van der Waals surface area (Å²) in [7, 11) is 0. The topological polar surface area (TPSA) is 69.0 Å². The largest absolute Gasteiger partial charge is 0.486 e. The minimum absolute atomic E-state index is 0.107. The minimum atomic E-state index is -0.107. The van der Waals surface area contributed by atoms with Crippen LogP contribution in [0.3, 0.4) is 0 Å². The van der Waals surface area contributed by atoms with E-state index < -0.39 is 0 Å². The highest BCUT2D eigenvalue weighted by Gasteiger charge is 2.14. The highest BCUT2D eigenvalue weighted by molar-refractivity contribution is 6.30. The van der Waals surface area contributed by atoms with Gasteiger partial charge in [-0.25, -0.2) is 4.98 Å². The summed E-state index contributed by atoms with van der Waals surface area (Å²) >= 11 is 5.92. The molecule has 0 spiro atoms. The molecule has 0 aliphatic rings. The Bertz CT molecular complexity index is 1110. The Hall–Kier alpha value is -3.38. The molecule has 0 saturated heterocycles. The van der Waals surface area contributed by atoms with E-state index in [1.807, 2.05) is 41.0 Å². The van der Waals surface area contributed by atoms with Crippen LogP contribution in [0.25, 0.3) is 11.0 Å². The van der Waals surface area contributed by atoms with Crippen LogP contribution in [0.15, 0.2) is 73.1 Å². The lowest BCUT2D eigenvalue weighted by Crippen LogP contribution is -2.28. The van der Waals surface area contributed by atoms with Crippen LogP contribution in [0.4, 0.5) is 0 Å². The molecule has 4 rings (SSSR count). The number of aromatic nitrogens is 3. The van der Waals surface area contributed by atoms with Crippen molar-refractivity contribution < 1.29 is 9.53 Å². The molecular formula is C22H19ClN4O2. The second-order valence-corrected chi connectivity index (χ2v) is 6.92. The van der Waals surface area contributed by atoms with Crippen molar-refractivity contribution in [3.63, 3.8) is 0 Å². The van der Waals surface area contributed by atoms with Crippen molar-refractivity contribution in [2.24, 2.45) is 0 Å². The molecule has 0 atom stereocenters. The van der Waals surface area contributed by atoms with Crippen molar-refractivity contribution in [1.29, 1.82) is 0 Å². The Morgan fingerprint density at radius 2 is 1.90 bits per heavy atom. The van der Waals surface area contributed by atoms with Gasteiger partial charge in [0.15, 0.2) is 0 Å². The molecule has 0 bridgehead atoms. The van der Waals surface area contributed by atoms with Crippen molar-refractivity contribution >= 4 is 28.5 Å². The number of fused-ring (bicyclic) bond motifs is 1. The Kier molecular flexibility index (Phi) is 5.72. The van der Waals surface area contributed by atoms with Crippen LogP contribution in [0.2, 0.25) is 5.02 Å². The fourth-order valence-electron chi connectivity index (χ4n) is 2.99. The van der Waals surface area contributed by atoms with Gasteiger partial charge < -0.3 is 14.6 Å². The van der Waals surface area contributed by atoms with Gasteiger partial charge in [-0.15, -0.1) is 0 Å². The summed E-state index contributed by atoms with van der Waals surface area (Å²) in [5, 5.41) is 3.57. The lowest BCUT2D eigenvalue weighted by atomic mass is 10.3. The second-order valence-electron chi connectivity index (χ2n) is 6.48. The van der Waals surface area contributed by atoms with Crippen LogP contribution in [0.1, 0.15) is 11.4 Å². The average Bonchev–Trinajstić information content (AvgIpc) is 3.10. The van der Waals surface area contributed by atoms with Gasteiger partial charge in [0, 0.05) is 24.0 Å². The maximum absolute atomic E-state index is 12.6. The number of amides is 1. The summed E-state index contributed by atoms with van der Waals surface area (Å²) in [5.41, 5.74) is 2.66. The smallest absolute Gasteiger partial charge is 0.240 e. The van der Waals surface area contributed by atoms with Crippen LogP contribution in [0.5, 0.6) is 5.75 Å². The van der Waals surface area contributed by atoms with E-state index in [2.05, 4.69) is 15.3 Å². The predicted octanol–water partition coefficient (Wildman–Crippen LogP) is 3.98. The SMILES string of the molecule is O=C(Cn1c(COc2ccc(Cl)cc2)nc2ccccc21)NCc1cccnc1. The van der Waals surface area contributed by atoms with Crippen molar-refractivity contribution in [2.75, 3.05) is 0 Å². The molecule has 0 unspecified atom stereocenters. The number of nitrogens with zero attached hydrogens (tertiary/aromatic N) is 3. The molecule has 146 valence electrons. The lowest BCUT2D eigenvalue weighted by molar-refractivity contribution is -0.121. The number of hydrogen-bond acceptors (Lipinski definition) is 4. The van der Waals surface area contributed by atoms with E-state index in [1.54, 1.807) is 36.7 Å². The third-order valence-corrected chi connectivity index (χ3v) is 4.68. The first-order valence-electron chi connectivity index (χ1n) is 9.17. The maximum atomic E-state index is 12.6. The Balaban J connectivity index is 1.50. The van der Waals surface area contributed by atoms with Crippen molar-refractivity contribution in [3.05, 3.63) is 89.5 Å². The molecule has 6 nitrogen and oxygen atoms in total. The number of nitrogens with one attached hydrogen (secondary N) is 1. The fourth-order valence-corrected chi connectivity index (χ4v) is 3.12. The molecular weight excluding hydrogens is 388 g/mol. The van der Waals surface area contributed by atoms with E-state index in [0.29, 0.717) is 23.1 Å².